The van der Waals surface area contributed by atoms with Crippen LogP contribution in [0.3, 0.4) is 0 Å². The summed E-state index contributed by atoms with van der Waals surface area (Å²) in [6.45, 7) is 7.45. The number of hydrogen-bond acceptors (Lipinski definition) is 2. The van der Waals surface area contributed by atoms with Crippen molar-refractivity contribution >= 4 is 5.97 Å². The second kappa shape index (κ2) is 12.7. The summed E-state index contributed by atoms with van der Waals surface area (Å²) in [6.07, 6.45) is 15.2. The van der Waals surface area contributed by atoms with Crippen molar-refractivity contribution < 1.29 is 9.90 Å². The summed E-state index contributed by atoms with van der Waals surface area (Å²) >= 11 is 0. The topological polar surface area (TPSA) is 49.3 Å². The average molecular weight is 412 g/mol. The molecule has 3 nitrogen and oxygen atoms in total. The maximum atomic E-state index is 12.1. The van der Waals surface area contributed by atoms with Gasteiger partial charge in [0, 0.05) is 18.0 Å². The fraction of sp³-hybridized carbons (Fsp3) is 0.593. The second-order valence-electron chi connectivity index (χ2n) is 8.77. The van der Waals surface area contributed by atoms with Crippen molar-refractivity contribution in [1.29, 1.82) is 0 Å². The summed E-state index contributed by atoms with van der Waals surface area (Å²) < 4.78 is 0. The monoisotopic (exact) mass is 411 g/mol. The fourth-order valence-electron chi connectivity index (χ4n) is 4.74. The number of benzene rings is 1. The molecule has 3 heteroatoms. The van der Waals surface area contributed by atoms with E-state index >= 15 is 0 Å². The van der Waals surface area contributed by atoms with Gasteiger partial charge in [0.2, 0.25) is 0 Å². The summed E-state index contributed by atoms with van der Waals surface area (Å²) in [5.74, 6) is -0.788. The van der Waals surface area contributed by atoms with Gasteiger partial charge in [-0.25, -0.2) is 4.79 Å². The van der Waals surface area contributed by atoms with Gasteiger partial charge in [-0.2, -0.15) is 0 Å². The lowest BCUT2D eigenvalue weighted by Crippen LogP contribution is -2.48. The molecule has 1 aromatic carbocycles. The third-order valence-electron chi connectivity index (χ3n) is 6.48. The van der Waals surface area contributed by atoms with Crippen LogP contribution in [0, 0.1) is 5.41 Å². The van der Waals surface area contributed by atoms with Crippen LogP contribution in [0.25, 0.3) is 0 Å². The number of nitrogens with one attached hydrogen (secondary N) is 1. The van der Waals surface area contributed by atoms with E-state index in [0.29, 0.717) is 5.57 Å². The first-order chi connectivity index (χ1) is 14.6. The minimum absolute atomic E-state index is 0.00129. The second-order valence-corrected chi connectivity index (χ2v) is 8.77. The predicted molar refractivity (Wildman–Crippen MR) is 126 cm³/mol. The molecule has 0 saturated heterocycles. The number of hydrogen-bond donors (Lipinski definition) is 2. The maximum absolute atomic E-state index is 12.1. The molecular weight excluding hydrogens is 370 g/mol. The summed E-state index contributed by atoms with van der Waals surface area (Å²) in [6, 6.07) is 10.6. The quantitative estimate of drug-likeness (QED) is 0.323. The van der Waals surface area contributed by atoms with Crippen molar-refractivity contribution in [3.05, 3.63) is 59.2 Å². The molecule has 0 radical (unpaired) electrons. The van der Waals surface area contributed by atoms with E-state index in [0.717, 1.165) is 63.5 Å². The molecule has 0 heterocycles. The van der Waals surface area contributed by atoms with Crippen LogP contribution in [-0.4, -0.2) is 17.1 Å². The van der Waals surface area contributed by atoms with Crippen molar-refractivity contribution in [1.82, 2.24) is 5.32 Å². The molecule has 1 aliphatic rings. The molecule has 166 valence electrons. The van der Waals surface area contributed by atoms with E-state index in [9.17, 15) is 9.90 Å². The van der Waals surface area contributed by atoms with E-state index < -0.39 is 5.97 Å². The van der Waals surface area contributed by atoms with Gasteiger partial charge in [-0.15, -0.1) is 0 Å². The molecule has 1 aromatic rings. The van der Waals surface area contributed by atoms with E-state index in [1.807, 2.05) is 12.1 Å². The standard InChI is InChI=1S/C27H41NO2/c1-4-7-11-16-23-24(26(29)30)17-20-27(18-8-5-2,19-9-6-3)25(23)28-21-22-14-12-10-13-15-22/h10,12-15,17,20,25,28H,4-9,11,16,18-19,21H2,1-3H3,(H,29,30). The van der Waals surface area contributed by atoms with E-state index in [4.69, 9.17) is 0 Å². The summed E-state index contributed by atoms with van der Waals surface area (Å²) in [4.78, 5) is 12.1. The van der Waals surface area contributed by atoms with Crippen LogP contribution < -0.4 is 5.32 Å². The zero-order valence-electron chi connectivity index (χ0n) is 19.3. The van der Waals surface area contributed by atoms with Gasteiger partial charge in [0.15, 0.2) is 0 Å². The van der Waals surface area contributed by atoms with Crippen LogP contribution >= 0.6 is 0 Å². The van der Waals surface area contributed by atoms with E-state index in [2.05, 4.69) is 56.4 Å². The summed E-state index contributed by atoms with van der Waals surface area (Å²) in [7, 11) is 0. The third-order valence-corrected chi connectivity index (χ3v) is 6.48. The number of aliphatic carboxylic acids is 1. The maximum Gasteiger partial charge on any atom is 0.335 e. The molecular formula is C27H41NO2. The third kappa shape index (κ3) is 6.57. The normalized spacial score (nSPS) is 18.0. The van der Waals surface area contributed by atoms with Crippen LogP contribution in [-0.2, 0) is 11.3 Å². The molecule has 1 unspecified atom stereocenters. The van der Waals surface area contributed by atoms with Gasteiger partial charge in [-0.1, -0.05) is 102 Å². The zero-order chi connectivity index (χ0) is 21.8. The molecule has 1 aliphatic carbocycles. The molecule has 0 bridgehead atoms. The first kappa shape index (κ1) is 24.4. The van der Waals surface area contributed by atoms with Crippen molar-refractivity contribution in [2.45, 2.75) is 97.6 Å². The Labute approximate surface area is 183 Å². The van der Waals surface area contributed by atoms with Crippen molar-refractivity contribution in [3.8, 4) is 0 Å². The first-order valence-corrected chi connectivity index (χ1v) is 12.0. The lowest BCUT2D eigenvalue weighted by atomic mass is 9.65. The molecule has 0 saturated carbocycles. The Kier molecular flexibility index (Phi) is 10.4. The van der Waals surface area contributed by atoms with Crippen LogP contribution in [0.15, 0.2) is 53.6 Å². The summed E-state index contributed by atoms with van der Waals surface area (Å²) in [5, 5.41) is 13.8. The van der Waals surface area contributed by atoms with Crippen molar-refractivity contribution in [2.75, 3.05) is 0 Å². The van der Waals surface area contributed by atoms with Crippen LogP contribution in [0.2, 0.25) is 0 Å². The van der Waals surface area contributed by atoms with E-state index in [1.54, 1.807) is 0 Å². The Morgan fingerprint density at radius 3 is 2.17 bits per heavy atom. The largest absolute Gasteiger partial charge is 0.478 e. The van der Waals surface area contributed by atoms with Crippen LogP contribution in [0.5, 0.6) is 0 Å². The highest BCUT2D eigenvalue weighted by atomic mass is 16.4. The number of carbonyl (C=O) groups is 1. The highest BCUT2D eigenvalue weighted by Crippen LogP contribution is 2.44. The molecule has 2 N–H and O–H groups in total. The van der Waals surface area contributed by atoms with Crippen molar-refractivity contribution in [3.63, 3.8) is 0 Å². The minimum atomic E-state index is -0.788. The van der Waals surface area contributed by atoms with E-state index in [1.165, 1.54) is 18.4 Å². The van der Waals surface area contributed by atoms with Gasteiger partial charge < -0.3 is 10.4 Å². The molecule has 30 heavy (non-hydrogen) atoms. The average Bonchev–Trinajstić information content (AvgIpc) is 2.76. The van der Waals surface area contributed by atoms with Gasteiger partial charge in [0.05, 0.1) is 5.57 Å². The zero-order valence-corrected chi connectivity index (χ0v) is 19.3. The smallest absolute Gasteiger partial charge is 0.335 e. The Morgan fingerprint density at radius 1 is 0.967 bits per heavy atom. The number of unbranched alkanes of at least 4 members (excludes halogenated alkanes) is 4. The molecule has 0 aromatic heterocycles. The van der Waals surface area contributed by atoms with Gasteiger partial charge >= 0.3 is 5.97 Å². The Morgan fingerprint density at radius 2 is 1.60 bits per heavy atom. The SMILES string of the molecule is CCCCCC1=C(C(=O)O)C=CC(CCCC)(CCCC)C1NCc1ccccc1. The number of carboxylic acid groups (broad SMARTS) is 1. The van der Waals surface area contributed by atoms with Gasteiger partial charge in [0.25, 0.3) is 0 Å². The first-order valence-electron chi connectivity index (χ1n) is 12.0. The minimum Gasteiger partial charge on any atom is -0.478 e. The highest BCUT2D eigenvalue weighted by molar-refractivity contribution is 5.91. The number of rotatable bonds is 14. The van der Waals surface area contributed by atoms with Crippen LogP contribution in [0.1, 0.15) is 90.5 Å². The summed E-state index contributed by atoms with van der Waals surface area (Å²) in [5.41, 5.74) is 2.87. The Balaban J connectivity index is 2.42. The number of carboxylic acids is 1. The molecule has 0 aliphatic heterocycles. The van der Waals surface area contributed by atoms with Gasteiger partial charge in [-0.3, -0.25) is 0 Å². The van der Waals surface area contributed by atoms with Crippen LogP contribution in [0.4, 0.5) is 0 Å². The highest BCUT2D eigenvalue weighted by Gasteiger charge is 2.41. The molecule has 0 fully saturated rings. The molecule has 2 rings (SSSR count). The van der Waals surface area contributed by atoms with Gasteiger partial charge in [-0.05, 0) is 36.8 Å². The lowest BCUT2D eigenvalue weighted by Gasteiger charge is -2.44. The Hall–Kier alpha value is -1.87. The molecule has 0 spiro atoms. The van der Waals surface area contributed by atoms with E-state index in [-0.39, 0.29) is 11.5 Å². The predicted octanol–water partition coefficient (Wildman–Crippen LogP) is 7.04. The fourth-order valence-corrected chi connectivity index (χ4v) is 4.74. The lowest BCUT2D eigenvalue weighted by molar-refractivity contribution is -0.132. The molecule has 0 amide bonds. The van der Waals surface area contributed by atoms with Crippen molar-refractivity contribution in [2.24, 2.45) is 5.41 Å². The molecule has 1 atom stereocenters. The Bertz CT molecular complexity index is 697. The van der Waals surface area contributed by atoms with Gasteiger partial charge in [0.1, 0.15) is 0 Å².